The number of carbonyl (C=O) groups excluding carboxylic acids is 3. The molecular formula is C22H23N3O6. The lowest BCUT2D eigenvalue weighted by atomic mass is 10.1. The molecule has 0 saturated carbocycles. The minimum Gasteiger partial charge on any atom is -0.487 e. The number of rotatable bonds is 1. The van der Waals surface area contributed by atoms with Crippen molar-refractivity contribution in [2.24, 2.45) is 0 Å². The van der Waals surface area contributed by atoms with Gasteiger partial charge in [0.1, 0.15) is 17.6 Å². The number of fused-ring (bicyclic) bond motifs is 7. The smallest absolute Gasteiger partial charge is 0.338 e. The second-order valence-corrected chi connectivity index (χ2v) is 7.34. The predicted octanol–water partition coefficient (Wildman–Crippen LogP) is 0.631. The highest BCUT2D eigenvalue weighted by atomic mass is 16.5. The van der Waals surface area contributed by atoms with E-state index in [0.29, 0.717) is 25.4 Å². The van der Waals surface area contributed by atoms with Crippen molar-refractivity contribution in [3.8, 4) is 11.5 Å². The van der Waals surface area contributed by atoms with Crippen molar-refractivity contribution in [1.82, 2.24) is 16.0 Å². The molecule has 31 heavy (non-hydrogen) atoms. The topological polar surface area (TPSA) is 115 Å². The van der Waals surface area contributed by atoms with Gasteiger partial charge in [0, 0.05) is 25.2 Å². The van der Waals surface area contributed by atoms with E-state index in [9.17, 15) is 14.4 Å². The SMILES string of the molecule is COC(=O)c1cc2cc(c1)C(=O)N[C@H]1CNC[C@@H]1Oc1ccc(cc1)CNC(=O)CO2. The summed E-state index contributed by atoms with van der Waals surface area (Å²) in [7, 11) is 1.25. The predicted molar refractivity (Wildman–Crippen MR) is 110 cm³/mol. The van der Waals surface area contributed by atoms with Crippen LogP contribution in [-0.4, -0.2) is 56.7 Å². The number of ether oxygens (including phenoxy) is 3. The molecular weight excluding hydrogens is 402 g/mol. The van der Waals surface area contributed by atoms with Gasteiger partial charge in [0.15, 0.2) is 6.61 Å². The number of esters is 1. The van der Waals surface area contributed by atoms with Gasteiger partial charge in [-0.15, -0.1) is 0 Å². The fourth-order valence-corrected chi connectivity index (χ4v) is 3.48. The quantitative estimate of drug-likeness (QED) is 0.574. The zero-order chi connectivity index (χ0) is 21.8. The van der Waals surface area contributed by atoms with E-state index in [4.69, 9.17) is 14.2 Å². The summed E-state index contributed by atoms with van der Waals surface area (Å²) < 4.78 is 16.4. The van der Waals surface area contributed by atoms with Crippen LogP contribution in [0.25, 0.3) is 0 Å². The second-order valence-electron chi connectivity index (χ2n) is 7.34. The van der Waals surface area contributed by atoms with E-state index in [2.05, 4.69) is 16.0 Å². The normalized spacial score (nSPS) is 21.1. The van der Waals surface area contributed by atoms with Gasteiger partial charge in [-0.1, -0.05) is 12.1 Å². The number of benzene rings is 2. The van der Waals surface area contributed by atoms with Crippen molar-refractivity contribution in [2.75, 3.05) is 26.8 Å². The monoisotopic (exact) mass is 425 g/mol. The lowest BCUT2D eigenvalue weighted by Crippen LogP contribution is -2.45. The Balaban J connectivity index is 1.65. The Bertz CT molecular complexity index is 991. The van der Waals surface area contributed by atoms with Crippen molar-refractivity contribution in [3.05, 3.63) is 59.2 Å². The Kier molecular flexibility index (Phi) is 6.03. The minimum absolute atomic E-state index is 0.151. The Morgan fingerprint density at radius 2 is 1.87 bits per heavy atom. The van der Waals surface area contributed by atoms with Crippen LogP contribution in [0.2, 0.25) is 0 Å². The van der Waals surface area contributed by atoms with Gasteiger partial charge in [-0.3, -0.25) is 9.59 Å². The maximum atomic E-state index is 12.9. The van der Waals surface area contributed by atoms with E-state index in [1.54, 1.807) is 0 Å². The molecule has 9 heteroatoms. The Morgan fingerprint density at radius 1 is 1.06 bits per heavy atom. The molecule has 3 N–H and O–H groups in total. The average molecular weight is 425 g/mol. The van der Waals surface area contributed by atoms with Crippen molar-refractivity contribution < 1.29 is 28.6 Å². The fourth-order valence-electron chi connectivity index (χ4n) is 3.48. The van der Waals surface area contributed by atoms with Gasteiger partial charge >= 0.3 is 5.97 Å². The Labute approximate surface area is 179 Å². The summed E-state index contributed by atoms with van der Waals surface area (Å²) in [6.07, 6.45) is -0.260. The lowest BCUT2D eigenvalue weighted by molar-refractivity contribution is -0.123. The molecule has 0 aromatic heterocycles. The van der Waals surface area contributed by atoms with Gasteiger partial charge in [0.25, 0.3) is 11.8 Å². The van der Waals surface area contributed by atoms with E-state index in [0.717, 1.165) is 5.56 Å². The maximum Gasteiger partial charge on any atom is 0.338 e. The summed E-state index contributed by atoms with van der Waals surface area (Å²) in [5, 5.41) is 8.94. The zero-order valence-corrected chi connectivity index (χ0v) is 17.0. The standard InChI is InChI=1S/C22H23N3O6/c1-29-22(28)15-6-14-7-17(8-15)30-12-20(26)24-9-13-2-4-16(5-3-13)31-19-11-23-10-18(19)25-21(14)27/h2-8,18-19,23H,9-12H2,1H3,(H,24,26)(H,25,27)/t18-,19-/m0/s1. The first-order valence-electron chi connectivity index (χ1n) is 9.92. The Hall–Kier alpha value is -3.59. The molecule has 0 spiro atoms. The van der Waals surface area contributed by atoms with Gasteiger partial charge in [0.2, 0.25) is 0 Å². The molecule has 2 amide bonds. The van der Waals surface area contributed by atoms with Crippen molar-refractivity contribution in [2.45, 2.75) is 18.7 Å². The van der Waals surface area contributed by atoms with Crippen LogP contribution in [0.3, 0.4) is 0 Å². The van der Waals surface area contributed by atoms with Gasteiger partial charge in [-0.05, 0) is 35.9 Å². The molecule has 3 heterocycles. The van der Waals surface area contributed by atoms with Gasteiger partial charge in [-0.2, -0.15) is 0 Å². The van der Waals surface area contributed by atoms with Crippen LogP contribution in [0.4, 0.5) is 0 Å². The summed E-state index contributed by atoms with van der Waals surface area (Å²) in [5.41, 5.74) is 1.28. The van der Waals surface area contributed by atoms with E-state index in [1.807, 2.05) is 24.3 Å². The number of amides is 2. The van der Waals surface area contributed by atoms with Gasteiger partial charge < -0.3 is 30.2 Å². The molecule has 9 nitrogen and oxygen atoms in total. The third kappa shape index (κ3) is 4.95. The average Bonchev–Trinajstić information content (AvgIpc) is 3.22. The third-order valence-corrected chi connectivity index (χ3v) is 5.14. The van der Waals surface area contributed by atoms with Crippen molar-refractivity contribution in [1.29, 1.82) is 0 Å². The summed E-state index contributed by atoms with van der Waals surface area (Å²) in [4.78, 5) is 37.2. The maximum absolute atomic E-state index is 12.9. The van der Waals surface area contributed by atoms with Gasteiger partial charge in [-0.25, -0.2) is 4.79 Å². The van der Waals surface area contributed by atoms with Crippen LogP contribution < -0.4 is 25.4 Å². The number of hydrogen-bond acceptors (Lipinski definition) is 7. The molecule has 3 aliphatic heterocycles. The van der Waals surface area contributed by atoms with Crippen LogP contribution in [0.5, 0.6) is 11.5 Å². The summed E-state index contributed by atoms with van der Waals surface area (Å²) in [5.74, 6) is -0.443. The molecule has 3 aliphatic rings. The van der Waals surface area contributed by atoms with E-state index in [1.165, 1.54) is 25.3 Å². The summed E-state index contributed by atoms with van der Waals surface area (Å²) in [6, 6.07) is 11.5. The molecule has 1 fully saturated rings. The van der Waals surface area contributed by atoms with Crippen LogP contribution in [0.15, 0.2) is 42.5 Å². The number of nitrogens with one attached hydrogen (secondary N) is 3. The minimum atomic E-state index is -0.611. The first-order valence-corrected chi connectivity index (χ1v) is 9.92. The fraction of sp³-hybridized carbons (Fsp3) is 0.318. The summed E-state index contributed by atoms with van der Waals surface area (Å²) >= 11 is 0. The van der Waals surface area contributed by atoms with E-state index >= 15 is 0 Å². The van der Waals surface area contributed by atoms with E-state index < -0.39 is 5.97 Å². The number of methoxy groups -OCH3 is 1. The first kappa shape index (κ1) is 20.7. The zero-order valence-electron chi connectivity index (χ0n) is 17.0. The van der Waals surface area contributed by atoms with Crippen LogP contribution in [0, 0.1) is 0 Å². The largest absolute Gasteiger partial charge is 0.487 e. The van der Waals surface area contributed by atoms with Crippen molar-refractivity contribution >= 4 is 17.8 Å². The molecule has 162 valence electrons. The molecule has 0 unspecified atom stereocenters. The first-order chi connectivity index (χ1) is 15.0. The molecule has 0 aliphatic carbocycles. The van der Waals surface area contributed by atoms with Gasteiger partial charge in [0.05, 0.1) is 18.7 Å². The molecule has 2 atom stereocenters. The highest BCUT2D eigenvalue weighted by molar-refractivity contribution is 5.98. The molecule has 5 rings (SSSR count). The van der Waals surface area contributed by atoms with Crippen LogP contribution >= 0.6 is 0 Å². The van der Waals surface area contributed by atoms with E-state index in [-0.39, 0.29) is 47.4 Å². The molecule has 0 radical (unpaired) electrons. The third-order valence-electron chi connectivity index (χ3n) is 5.14. The lowest BCUT2D eigenvalue weighted by Gasteiger charge is -2.22. The highest BCUT2D eigenvalue weighted by Crippen LogP contribution is 2.20. The molecule has 1 saturated heterocycles. The molecule has 2 aromatic rings. The number of carbonyl (C=O) groups is 3. The number of hydrogen-bond donors (Lipinski definition) is 3. The second kappa shape index (κ2) is 9.05. The molecule has 2 aromatic carbocycles. The molecule has 4 bridgehead atoms. The van der Waals surface area contributed by atoms with Crippen LogP contribution in [0.1, 0.15) is 26.3 Å². The van der Waals surface area contributed by atoms with Crippen LogP contribution in [-0.2, 0) is 16.1 Å². The Morgan fingerprint density at radius 3 is 2.65 bits per heavy atom. The highest BCUT2D eigenvalue weighted by Gasteiger charge is 2.31. The summed E-state index contributed by atoms with van der Waals surface area (Å²) in [6.45, 7) is 1.21. The van der Waals surface area contributed by atoms with Crippen molar-refractivity contribution in [3.63, 3.8) is 0 Å².